The predicted molar refractivity (Wildman–Crippen MR) is 128 cm³/mol. The number of hydrogen-bond acceptors (Lipinski definition) is 9. The van der Waals surface area contributed by atoms with Gasteiger partial charge in [0.05, 0.1) is 25.4 Å². The number of nitrogens with zero attached hydrogens (tertiary/aromatic N) is 1. The summed E-state index contributed by atoms with van der Waals surface area (Å²) < 4.78 is 14.9. The zero-order valence-electron chi connectivity index (χ0n) is 21.0. The number of fused-ring (bicyclic) bond motifs is 1. The Hall–Kier alpha value is -3.88. The number of anilines is 1. The third kappa shape index (κ3) is 4.58. The molecule has 1 aromatic carbocycles. The molecule has 0 saturated carbocycles. The number of likely N-dealkylation sites (N-methyl/N-ethyl adjacent to an activating group) is 1. The molecule has 0 unspecified atom stereocenters. The van der Waals surface area contributed by atoms with Gasteiger partial charge in [-0.15, -0.1) is 0 Å². The molecule has 1 aromatic rings. The Bertz CT molecular complexity index is 1150. The molecular formula is C26H30N2O7. The Morgan fingerprint density at radius 3 is 2.06 bits per heavy atom. The number of rotatable bonds is 6. The van der Waals surface area contributed by atoms with E-state index in [2.05, 4.69) is 5.32 Å². The number of ketones is 1. The van der Waals surface area contributed by atoms with Gasteiger partial charge in [-0.3, -0.25) is 9.59 Å². The number of ether oxygens (including phenoxy) is 3. The van der Waals surface area contributed by atoms with Gasteiger partial charge in [0.25, 0.3) is 0 Å². The van der Waals surface area contributed by atoms with Crippen LogP contribution in [-0.4, -0.2) is 51.6 Å². The van der Waals surface area contributed by atoms with E-state index in [1.54, 1.807) is 13.8 Å². The number of hydrogen-bond donors (Lipinski definition) is 1. The van der Waals surface area contributed by atoms with Crippen molar-refractivity contribution in [2.24, 2.45) is 5.92 Å². The highest BCUT2D eigenvalue weighted by Crippen LogP contribution is 2.46. The van der Waals surface area contributed by atoms with Gasteiger partial charge in [0.1, 0.15) is 5.92 Å². The van der Waals surface area contributed by atoms with Crippen molar-refractivity contribution >= 4 is 29.4 Å². The molecule has 2 aliphatic rings. The van der Waals surface area contributed by atoms with Crippen molar-refractivity contribution in [1.29, 1.82) is 0 Å². The monoisotopic (exact) mass is 482 g/mol. The topological polar surface area (TPSA) is 111 Å². The average molecular weight is 483 g/mol. The first-order chi connectivity index (χ1) is 16.4. The summed E-state index contributed by atoms with van der Waals surface area (Å²) in [4.78, 5) is 52.8. The molecule has 1 N–H and O–H groups in total. The van der Waals surface area contributed by atoms with Crippen LogP contribution in [0, 0.1) is 5.92 Å². The maximum Gasteiger partial charge on any atom is 0.336 e. The molecule has 0 radical (unpaired) electrons. The Kier molecular flexibility index (Phi) is 7.19. The summed E-state index contributed by atoms with van der Waals surface area (Å²) in [5.41, 5.74) is 2.93. The van der Waals surface area contributed by atoms with Crippen molar-refractivity contribution in [2.45, 2.75) is 33.1 Å². The SMILES string of the molecule is COC(=O)C1=C(C)NC(C)=C(C(=O)OC)C1C(=O)OCC(=O)C=C1N(C)c2ccccc2C1(C)C. The first-order valence-electron chi connectivity index (χ1n) is 11.1. The quantitative estimate of drug-likeness (QED) is 0.371. The molecule has 3 rings (SSSR count). The molecule has 2 heterocycles. The molecule has 0 aromatic heterocycles. The van der Waals surface area contributed by atoms with Crippen LogP contribution in [0.4, 0.5) is 5.69 Å². The molecule has 186 valence electrons. The van der Waals surface area contributed by atoms with Crippen LogP contribution in [0.2, 0.25) is 0 Å². The largest absolute Gasteiger partial charge is 0.466 e. The fourth-order valence-electron chi connectivity index (χ4n) is 4.67. The Balaban J connectivity index is 1.85. The minimum Gasteiger partial charge on any atom is -0.466 e. The van der Waals surface area contributed by atoms with Gasteiger partial charge in [-0.05, 0) is 25.5 Å². The van der Waals surface area contributed by atoms with E-state index in [0.717, 1.165) is 16.9 Å². The number of methoxy groups -OCH3 is 2. The van der Waals surface area contributed by atoms with Gasteiger partial charge >= 0.3 is 17.9 Å². The fraction of sp³-hybridized carbons (Fsp3) is 0.385. The van der Waals surface area contributed by atoms with Gasteiger partial charge in [0, 0.05) is 41.3 Å². The molecule has 0 atom stereocenters. The van der Waals surface area contributed by atoms with E-state index < -0.39 is 41.6 Å². The number of benzene rings is 1. The minimum atomic E-state index is -1.40. The number of para-hydroxylation sites is 1. The predicted octanol–water partition coefficient (Wildman–Crippen LogP) is 2.52. The normalized spacial score (nSPS) is 18.3. The Labute approximate surface area is 204 Å². The molecular weight excluding hydrogens is 452 g/mol. The summed E-state index contributed by atoms with van der Waals surface area (Å²) in [7, 11) is 4.21. The number of carbonyl (C=O) groups is 4. The van der Waals surface area contributed by atoms with Crippen LogP contribution in [0.1, 0.15) is 33.3 Å². The summed E-state index contributed by atoms with van der Waals surface area (Å²) >= 11 is 0. The molecule has 2 aliphatic heterocycles. The second-order valence-corrected chi connectivity index (χ2v) is 8.92. The maximum absolute atomic E-state index is 13.1. The second-order valence-electron chi connectivity index (χ2n) is 8.92. The van der Waals surface area contributed by atoms with Crippen molar-refractivity contribution in [3.63, 3.8) is 0 Å². The van der Waals surface area contributed by atoms with Gasteiger partial charge in [-0.1, -0.05) is 32.0 Å². The summed E-state index contributed by atoms with van der Waals surface area (Å²) in [6, 6.07) is 7.87. The van der Waals surface area contributed by atoms with Gasteiger partial charge in [-0.25, -0.2) is 9.59 Å². The second kappa shape index (κ2) is 9.77. The lowest BCUT2D eigenvalue weighted by molar-refractivity contribution is -0.152. The van der Waals surface area contributed by atoms with Crippen LogP contribution in [0.3, 0.4) is 0 Å². The lowest BCUT2D eigenvalue weighted by Crippen LogP contribution is -2.38. The molecule has 9 nitrogen and oxygen atoms in total. The van der Waals surface area contributed by atoms with E-state index in [1.807, 2.05) is 50.1 Å². The highest BCUT2D eigenvalue weighted by molar-refractivity contribution is 6.06. The number of dihydropyridines is 1. The Morgan fingerprint density at radius 1 is 1.00 bits per heavy atom. The number of allylic oxidation sites excluding steroid dienone is 3. The lowest BCUT2D eigenvalue weighted by atomic mass is 9.83. The van der Waals surface area contributed by atoms with Crippen LogP contribution in [0.5, 0.6) is 0 Å². The summed E-state index contributed by atoms with van der Waals surface area (Å²) in [5.74, 6) is -4.36. The Morgan fingerprint density at radius 2 is 1.54 bits per heavy atom. The molecule has 0 fully saturated rings. The molecule has 9 heteroatoms. The van der Waals surface area contributed by atoms with Gasteiger partial charge < -0.3 is 24.4 Å². The lowest BCUT2D eigenvalue weighted by Gasteiger charge is -2.28. The van der Waals surface area contributed by atoms with Crippen LogP contribution in [0.25, 0.3) is 0 Å². The van der Waals surface area contributed by atoms with Crippen molar-refractivity contribution in [2.75, 3.05) is 32.8 Å². The third-order valence-corrected chi connectivity index (χ3v) is 6.40. The van der Waals surface area contributed by atoms with Gasteiger partial charge in [0.2, 0.25) is 0 Å². The van der Waals surface area contributed by atoms with Crippen molar-refractivity contribution in [3.05, 3.63) is 64.1 Å². The molecule has 0 aliphatic carbocycles. The number of nitrogens with one attached hydrogen (secondary N) is 1. The standard InChI is InChI=1S/C26H30N2O7/c1-14-20(23(30)33-6)22(21(15(2)27-14)24(31)34-7)25(32)35-13-16(29)12-19-26(3,4)17-10-8-9-11-18(17)28(19)5/h8-12,22,27H,13H2,1-7H3. The smallest absolute Gasteiger partial charge is 0.336 e. The molecule has 0 amide bonds. The number of esters is 3. The fourth-order valence-corrected chi connectivity index (χ4v) is 4.67. The van der Waals surface area contributed by atoms with Crippen molar-refractivity contribution in [1.82, 2.24) is 5.32 Å². The first-order valence-corrected chi connectivity index (χ1v) is 11.1. The van der Waals surface area contributed by atoms with E-state index in [9.17, 15) is 19.2 Å². The zero-order chi connectivity index (χ0) is 26.1. The van der Waals surface area contributed by atoms with Crippen LogP contribution in [-0.2, 0) is 38.8 Å². The van der Waals surface area contributed by atoms with E-state index in [1.165, 1.54) is 20.3 Å². The molecule has 35 heavy (non-hydrogen) atoms. The van der Waals surface area contributed by atoms with Crippen LogP contribution < -0.4 is 10.2 Å². The highest BCUT2D eigenvalue weighted by Gasteiger charge is 2.43. The highest BCUT2D eigenvalue weighted by atomic mass is 16.5. The maximum atomic E-state index is 13.1. The van der Waals surface area contributed by atoms with Crippen LogP contribution in [0.15, 0.2) is 58.6 Å². The van der Waals surface area contributed by atoms with E-state index in [-0.39, 0.29) is 11.1 Å². The van der Waals surface area contributed by atoms with Crippen LogP contribution >= 0.6 is 0 Å². The van der Waals surface area contributed by atoms with E-state index >= 15 is 0 Å². The third-order valence-electron chi connectivity index (χ3n) is 6.40. The minimum absolute atomic E-state index is 0.0820. The zero-order valence-corrected chi connectivity index (χ0v) is 21.0. The molecule has 0 bridgehead atoms. The summed E-state index contributed by atoms with van der Waals surface area (Å²) in [6.07, 6.45) is 1.46. The van der Waals surface area contributed by atoms with Crippen molar-refractivity contribution < 1.29 is 33.4 Å². The number of carbonyl (C=O) groups excluding carboxylic acids is 4. The van der Waals surface area contributed by atoms with Crippen molar-refractivity contribution in [3.8, 4) is 0 Å². The molecule has 0 saturated heterocycles. The average Bonchev–Trinajstić information content (AvgIpc) is 3.01. The van der Waals surface area contributed by atoms with Gasteiger partial charge in [0.15, 0.2) is 12.4 Å². The van der Waals surface area contributed by atoms with E-state index in [4.69, 9.17) is 14.2 Å². The van der Waals surface area contributed by atoms with Gasteiger partial charge in [-0.2, -0.15) is 0 Å². The summed E-state index contributed by atoms with van der Waals surface area (Å²) in [5, 5.41) is 2.90. The summed E-state index contributed by atoms with van der Waals surface area (Å²) in [6.45, 7) is 6.63. The first kappa shape index (κ1) is 25.7. The van der Waals surface area contributed by atoms with E-state index in [0.29, 0.717) is 11.4 Å². The molecule has 0 spiro atoms.